The largest absolute Gasteiger partial charge is 0.355 e. The van der Waals surface area contributed by atoms with Crippen molar-refractivity contribution in [2.45, 2.75) is 18.4 Å². The first kappa shape index (κ1) is 15.3. The molecule has 8 heteroatoms. The molecule has 7 nitrogen and oxygen atoms in total. The topological polar surface area (TPSA) is 88.1 Å². The van der Waals surface area contributed by atoms with Crippen molar-refractivity contribution in [1.29, 1.82) is 0 Å². The quantitative estimate of drug-likeness (QED) is 0.860. The van der Waals surface area contributed by atoms with Crippen LogP contribution in [-0.2, 0) is 16.6 Å². The fourth-order valence-electron chi connectivity index (χ4n) is 1.68. The van der Waals surface area contributed by atoms with Gasteiger partial charge in [0, 0.05) is 19.8 Å². The molecule has 0 bridgehead atoms. The summed E-state index contributed by atoms with van der Waals surface area (Å²) in [5, 5.41) is 2.91. The number of anilines is 1. The second-order valence-corrected chi connectivity index (χ2v) is 6.40. The average molecular weight is 307 g/mol. The predicted octanol–water partition coefficient (Wildman–Crippen LogP) is 1.12. The van der Waals surface area contributed by atoms with Crippen LogP contribution in [0.25, 0.3) is 0 Å². The lowest BCUT2D eigenvalue weighted by molar-refractivity contribution is 0.461. The molecule has 0 aliphatic heterocycles. The Balaban J connectivity index is 2.16. The fourth-order valence-corrected chi connectivity index (χ4v) is 2.72. The molecule has 0 saturated carbocycles. The molecule has 0 unspecified atom stereocenters. The van der Waals surface area contributed by atoms with Crippen molar-refractivity contribution in [2.24, 2.45) is 0 Å². The molecule has 0 atom stereocenters. The maximum absolute atomic E-state index is 12.4. The van der Waals surface area contributed by atoms with Gasteiger partial charge in [-0.2, -0.15) is 4.31 Å². The maximum atomic E-state index is 12.4. The summed E-state index contributed by atoms with van der Waals surface area (Å²) in [4.78, 5) is 12.1. The van der Waals surface area contributed by atoms with Crippen LogP contribution in [0.2, 0.25) is 0 Å². The van der Waals surface area contributed by atoms with E-state index < -0.39 is 10.0 Å². The van der Waals surface area contributed by atoms with Gasteiger partial charge in [-0.05, 0) is 19.1 Å². The Morgan fingerprint density at radius 2 is 1.90 bits per heavy atom. The van der Waals surface area contributed by atoms with Crippen LogP contribution in [0.4, 0.5) is 5.95 Å². The molecule has 0 aromatic carbocycles. The third-order valence-electron chi connectivity index (χ3n) is 2.78. The molecule has 2 rings (SSSR count). The Bertz CT molecular complexity index is 673. The van der Waals surface area contributed by atoms with Crippen molar-refractivity contribution in [3.63, 3.8) is 0 Å². The number of rotatable bonds is 6. The molecule has 2 aromatic rings. The minimum atomic E-state index is -3.63. The monoisotopic (exact) mass is 307 g/mol. The normalized spacial score (nSPS) is 11.6. The summed E-state index contributed by atoms with van der Waals surface area (Å²) in [6.45, 7) is 2.78. The molecule has 21 heavy (non-hydrogen) atoms. The lowest BCUT2D eigenvalue weighted by Gasteiger charge is -2.16. The van der Waals surface area contributed by atoms with Crippen LogP contribution in [0, 0.1) is 0 Å². The number of hydrogen-bond donors (Lipinski definition) is 1. The summed E-state index contributed by atoms with van der Waals surface area (Å²) in [5.41, 5.74) is 0.675. The van der Waals surface area contributed by atoms with E-state index in [2.05, 4.69) is 20.3 Å². The number of nitrogens with one attached hydrogen (secondary N) is 1. The van der Waals surface area contributed by atoms with Crippen LogP contribution in [0.15, 0.2) is 41.7 Å². The molecule has 0 radical (unpaired) electrons. The summed E-state index contributed by atoms with van der Waals surface area (Å²) in [7, 11) is -2.13. The number of nitrogens with zero attached hydrogens (tertiary/aromatic N) is 4. The van der Waals surface area contributed by atoms with Gasteiger partial charge in [0.1, 0.15) is 4.90 Å². The van der Waals surface area contributed by atoms with Gasteiger partial charge in [-0.3, -0.25) is 4.98 Å². The third kappa shape index (κ3) is 3.73. The van der Waals surface area contributed by atoms with Gasteiger partial charge in [-0.1, -0.05) is 6.07 Å². The fraction of sp³-hybridized carbons (Fsp3) is 0.308. The van der Waals surface area contributed by atoms with E-state index >= 15 is 0 Å². The van der Waals surface area contributed by atoms with Crippen molar-refractivity contribution >= 4 is 16.0 Å². The lowest BCUT2D eigenvalue weighted by Crippen LogP contribution is -2.27. The van der Waals surface area contributed by atoms with Crippen molar-refractivity contribution < 1.29 is 8.42 Å². The van der Waals surface area contributed by atoms with Gasteiger partial charge in [-0.25, -0.2) is 18.4 Å². The van der Waals surface area contributed by atoms with E-state index in [0.29, 0.717) is 18.2 Å². The zero-order valence-corrected chi connectivity index (χ0v) is 12.7. The zero-order chi connectivity index (χ0) is 15.3. The SMILES string of the molecule is CCNc1ncc(S(=O)(=O)N(C)Cc2ccccn2)cn1. The molecular formula is C13H17N5O2S. The Morgan fingerprint density at radius 3 is 2.48 bits per heavy atom. The van der Waals surface area contributed by atoms with Gasteiger partial charge >= 0.3 is 0 Å². The number of aromatic nitrogens is 3. The van der Waals surface area contributed by atoms with E-state index in [0.717, 1.165) is 0 Å². The van der Waals surface area contributed by atoms with Gasteiger partial charge < -0.3 is 5.32 Å². The summed E-state index contributed by atoms with van der Waals surface area (Å²) < 4.78 is 26.0. The molecule has 2 aromatic heterocycles. The summed E-state index contributed by atoms with van der Waals surface area (Å²) in [6.07, 6.45) is 4.23. The van der Waals surface area contributed by atoms with Gasteiger partial charge in [0.05, 0.1) is 24.6 Å². The van der Waals surface area contributed by atoms with E-state index in [4.69, 9.17) is 0 Å². The molecule has 0 aliphatic carbocycles. The minimum absolute atomic E-state index is 0.0579. The standard InChI is InChI=1S/C13H17N5O2S/c1-3-14-13-16-8-12(9-17-13)21(19,20)18(2)10-11-6-4-5-7-15-11/h4-9H,3,10H2,1-2H3,(H,14,16,17). The minimum Gasteiger partial charge on any atom is -0.355 e. The average Bonchev–Trinajstić information content (AvgIpc) is 2.49. The highest BCUT2D eigenvalue weighted by molar-refractivity contribution is 7.89. The number of pyridine rings is 1. The first-order valence-corrected chi connectivity index (χ1v) is 7.90. The molecule has 0 amide bonds. The van der Waals surface area contributed by atoms with E-state index in [1.165, 1.54) is 23.7 Å². The first-order chi connectivity index (χ1) is 10.0. The van der Waals surface area contributed by atoms with Crippen molar-refractivity contribution in [3.8, 4) is 0 Å². The lowest BCUT2D eigenvalue weighted by atomic mass is 10.3. The highest BCUT2D eigenvalue weighted by Gasteiger charge is 2.22. The van der Waals surface area contributed by atoms with Crippen molar-refractivity contribution in [1.82, 2.24) is 19.3 Å². The first-order valence-electron chi connectivity index (χ1n) is 6.46. The highest BCUT2D eigenvalue weighted by atomic mass is 32.2. The smallest absolute Gasteiger partial charge is 0.246 e. The summed E-state index contributed by atoms with van der Waals surface area (Å²) in [5.74, 6) is 0.406. The van der Waals surface area contributed by atoms with Gasteiger partial charge in [0.15, 0.2) is 0 Å². The van der Waals surface area contributed by atoms with Crippen LogP contribution < -0.4 is 5.32 Å². The molecule has 0 spiro atoms. The second kappa shape index (κ2) is 6.59. The predicted molar refractivity (Wildman–Crippen MR) is 79.1 cm³/mol. The molecule has 112 valence electrons. The van der Waals surface area contributed by atoms with Crippen LogP contribution in [-0.4, -0.2) is 41.3 Å². The van der Waals surface area contributed by atoms with Crippen LogP contribution in [0.1, 0.15) is 12.6 Å². The van der Waals surface area contributed by atoms with Crippen LogP contribution >= 0.6 is 0 Å². The van der Waals surface area contributed by atoms with Gasteiger partial charge in [0.25, 0.3) is 0 Å². The van der Waals surface area contributed by atoms with E-state index in [1.807, 2.05) is 13.0 Å². The Labute approximate surface area is 124 Å². The Morgan fingerprint density at radius 1 is 1.19 bits per heavy atom. The molecule has 0 aliphatic rings. The molecular weight excluding hydrogens is 290 g/mol. The van der Waals surface area contributed by atoms with Crippen LogP contribution in [0.3, 0.4) is 0 Å². The highest BCUT2D eigenvalue weighted by Crippen LogP contribution is 2.15. The summed E-state index contributed by atoms with van der Waals surface area (Å²) in [6, 6.07) is 5.37. The Kier molecular flexibility index (Phi) is 4.81. The van der Waals surface area contributed by atoms with Crippen molar-refractivity contribution in [2.75, 3.05) is 18.9 Å². The number of hydrogen-bond acceptors (Lipinski definition) is 6. The van der Waals surface area contributed by atoms with Gasteiger partial charge in [0.2, 0.25) is 16.0 Å². The summed E-state index contributed by atoms with van der Waals surface area (Å²) >= 11 is 0. The maximum Gasteiger partial charge on any atom is 0.246 e. The van der Waals surface area contributed by atoms with Crippen LogP contribution in [0.5, 0.6) is 0 Å². The number of sulfonamides is 1. The molecule has 0 fully saturated rings. The zero-order valence-electron chi connectivity index (χ0n) is 11.9. The molecule has 1 N–H and O–H groups in total. The van der Waals surface area contributed by atoms with E-state index in [1.54, 1.807) is 18.3 Å². The van der Waals surface area contributed by atoms with E-state index in [-0.39, 0.29) is 11.4 Å². The van der Waals surface area contributed by atoms with Gasteiger partial charge in [-0.15, -0.1) is 0 Å². The molecule has 2 heterocycles. The molecule has 0 saturated heterocycles. The van der Waals surface area contributed by atoms with E-state index in [9.17, 15) is 8.42 Å². The Hall–Kier alpha value is -2.06. The van der Waals surface area contributed by atoms with Crippen molar-refractivity contribution in [3.05, 3.63) is 42.5 Å². The second-order valence-electron chi connectivity index (χ2n) is 4.35. The third-order valence-corrected chi connectivity index (χ3v) is 4.54.